The highest BCUT2D eigenvalue weighted by molar-refractivity contribution is 6.51. The lowest BCUT2D eigenvalue weighted by Gasteiger charge is -2.24. The molecule has 0 spiro atoms. The van der Waals surface area contributed by atoms with Crippen molar-refractivity contribution < 1.29 is 19.1 Å². The highest BCUT2D eigenvalue weighted by Crippen LogP contribution is 2.42. The molecule has 0 radical (unpaired) electrons. The zero-order valence-corrected chi connectivity index (χ0v) is 17.4. The number of aliphatic hydroxyl groups excluding tert-OH is 1. The number of aliphatic hydroxyl groups is 1. The normalized spacial score (nSPS) is 18.3. The van der Waals surface area contributed by atoms with Gasteiger partial charge >= 0.3 is 0 Å². The van der Waals surface area contributed by atoms with Crippen molar-refractivity contribution in [1.82, 2.24) is 0 Å². The largest absolute Gasteiger partial charge is 0.507 e. The third-order valence-electron chi connectivity index (χ3n) is 5.81. The predicted octanol–water partition coefficient (Wildman–Crippen LogP) is 5.14. The van der Waals surface area contributed by atoms with Gasteiger partial charge in [-0.25, -0.2) is 0 Å². The summed E-state index contributed by atoms with van der Waals surface area (Å²) < 4.78 is 5.59. The first kappa shape index (κ1) is 19.7. The highest BCUT2D eigenvalue weighted by Gasteiger charge is 2.48. The fourth-order valence-electron chi connectivity index (χ4n) is 3.73. The van der Waals surface area contributed by atoms with Gasteiger partial charge in [0.25, 0.3) is 11.7 Å². The van der Waals surface area contributed by atoms with Gasteiger partial charge in [0.05, 0.1) is 11.8 Å². The lowest BCUT2D eigenvalue weighted by Crippen LogP contribution is -2.29. The van der Waals surface area contributed by atoms with Crippen LogP contribution in [-0.2, 0) is 9.59 Å². The number of nitrogens with zero attached hydrogens (tertiary/aromatic N) is 1. The van der Waals surface area contributed by atoms with Crippen molar-refractivity contribution in [3.8, 4) is 0 Å². The number of aryl methyl sites for hydroxylation is 4. The monoisotopic (exact) mass is 401 g/mol. The lowest BCUT2D eigenvalue weighted by atomic mass is 9.97. The molecule has 5 heteroatoms. The van der Waals surface area contributed by atoms with E-state index in [0.29, 0.717) is 17.0 Å². The number of anilines is 1. The van der Waals surface area contributed by atoms with Gasteiger partial charge in [0.1, 0.15) is 17.6 Å². The summed E-state index contributed by atoms with van der Waals surface area (Å²) in [5, 5.41) is 11.1. The molecular weight excluding hydrogens is 378 g/mol. The predicted molar refractivity (Wildman–Crippen MR) is 115 cm³/mol. The lowest BCUT2D eigenvalue weighted by molar-refractivity contribution is -0.132. The molecule has 1 aliphatic heterocycles. The van der Waals surface area contributed by atoms with Crippen LogP contribution in [-0.4, -0.2) is 16.8 Å². The van der Waals surface area contributed by atoms with Crippen molar-refractivity contribution in [2.75, 3.05) is 4.90 Å². The molecule has 1 aliphatic rings. The number of hydrogen-bond acceptors (Lipinski definition) is 4. The Kier molecular flexibility index (Phi) is 4.82. The first-order valence-corrected chi connectivity index (χ1v) is 9.79. The molecular formula is C25H23NO4. The van der Waals surface area contributed by atoms with Crippen LogP contribution in [0.1, 0.15) is 39.6 Å². The number of carbonyl (C=O) groups is 2. The van der Waals surface area contributed by atoms with Crippen molar-refractivity contribution in [2.45, 2.75) is 33.7 Å². The van der Waals surface area contributed by atoms with Crippen molar-refractivity contribution in [3.63, 3.8) is 0 Å². The minimum absolute atomic E-state index is 0.0245. The van der Waals surface area contributed by atoms with Gasteiger partial charge in [-0.3, -0.25) is 14.5 Å². The fraction of sp³-hybridized carbons (Fsp3) is 0.200. The second-order valence-corrected chi connectivity index (χ2v) is 7.75. The molecule has 2 aromatic carbocycles. The van der Waals surface area contributed by atoms with E-state index < -0.39 is 17.7 Å². The Balaban J connectivity index is 1.93. The van der Waals surface area contributed by atoms with Crippen LogP contribution >= 0.6 is 0 Å². The van der Waals surface area contributed by atoms with Gasteiger partial charge in [-0.2, -0.15) is 0 Å². The van der Waals surface area contributed by atoms with Crippen LogP contribution in [0.5, 0.6) is 0 Å². The van der Waals surface area contributed by atoms with Crippen LogP contribution in [0.25, 0.3) is 5.76 Å². The Morgan fingerprint density at radius 1 is 0.900 bits per heavy atom. The summed E-state index contributed by atoms with van der Waals surface area (Å²) in [6.07, 6.45) is 1.49. The van der Waals surface area contributed by atoms with Crippen LogP contribution in [0.4, 0.5) is 5.69 Å². The topological polar surface area (TPSA) is 70.8 Å². The molecule has 1 N–H and O–H groups in total. The quantitative estimate of drug-likeness (QED) is 0.375. The summed E-state index contributed by atoms with van der Waals surface area (Å²) in [5.74, 6) is -1.21. The van der Waals surface area contributed by atoms with E-state index in [2.05, 4.69) is 0 Å². The molecule has 152 valence electrons. The first-order chi connectivity index (χ1) is 14.3. The van der Waals surface area contributed by atoms with E-state index in [4.69, 9.17) is 4.42 Å². The molecule has 1 fully saturated rings. The maximum Gasteiger partial charge on any atom is 0.300 e. The Hall–Kier alpha value is -3.60. The Morgan fingerprint density at radius 3 is 2.17 bits per heavy atom. The smallest absolute Gasteiger partial charge is 0.300 e. The molecule has 3 aromatic rings. The summed E-state index contributed by atoms with van der Waals surface area (Å²) in [6.45, 7) is 7.84. The summed E-state index contributed by atoms with van der Waals surface area (Å²) in [7, 11) is 0. The Morgan fingerprint density at radius 2 is 1.57 bits per heavy atom. The minimum Gasteiger partial charge on any atom is -0.507 e. The van der Waals surface area contributed by atoms with Gasteiger partial charge in [0.2, 0.25) is 0 Å². The number of carbonyl (C=O) groups excluding carboxylic acids is 2. The molecule has 1 saturated heterocycles. The minimum atomic E-state index is -0.844. The number of rotatable bonds is 3. The van der Waals surface area contributed by atoms with Crippen molar-refractivity contribution >= 4 is 23.1 Å². The molecule has 0 aliphatic carbocycles. The van der Waals surface area contributed by atoms with Crippen LogP contribution < -0.4 is 4.90 Å². The number of hydrogen-bond donors (Lipinski definition) is 1. The number of amides is 1. The molecule has 2 heterocycles. The summed E-state index contributed by atoms with van der Waals surface area (Å²) in [5.41, 5.74) is 5.24. The number of benzene rings is 2. The average molecular weight is 401 g/mol. The molecule has 4 rings (SSSR count). The van der Waals surface area contributed by atoms with Crippen LogP contribution in [0.2, 0.25) is 0 Å². The summed E-state index contributed by atoms with van der Waals surface area (Å²) >= 11 is 0. The van der Waals surface area contributed by atoms with Gasteiger partial charge < -0.3 is 9.52 Å². The first-order valence-electron chi connectivity index (χ1n) is 9.79. The molecule has 1 atom stereocenters. The zero-order chi connectivity index (χ0) is 21.6. The maximum absolute atomic E-state index is 13.1. The van der Waals surface area contributed by atoms with Gasteiger partial charge in [-0.05, 0) is 80.3 Å². The number of furan rings is 1. The summed E-state index contributed by atoms with van der Waals surface area (Å²) in [4.78, 5) is 27.5. The van der Waals surface area contributed by atoms with E-state index in [1.54, 1.807) is 24.3 Å². The van der Waals surface area contributed by atoms with Crippen LogP contribution in [0.3, 0.4) is 0 Å². The van der Waals surface area contributed by atoms with E-state index in [0.717, 1.165) is 22.3 Å². The molecule has 0 saturated carbocycles. The van der Waals surface area contributed by atoms with Crippen molar-refractivity contribution in [2.24, 2.45) is 0 Å². The molecule has 1 unspecified atom stereocenters. The SMILES string of the molecule is Cc1ccc(/C(O)=C2/C(=O)C(=O)N(c3ccc(C)c(C)c3)C2c2ccco2)cc1C. The second-order valence-electron chi connectivity index (χ2n) is 7.75. The molecule has 30 heavy (non-hydrogen) atoms. The van der Waals surface area contributed by atoms with Crippen molar-refractivity contribution in [1.29, 1.82) is 0 Å². The number of Topliss-reactive ketones (excluding diaryl/α,β-unsaturated/α-hetero) is 1. The van der Waals surface area contributed by atoms with E-state index in [-0.39, 0.29) is 11.3 Å². The summed E-state index contributed by atoms with van der Waals surface area (Å²) in [6, 6.07) is 13.6. The average Bonchev–Trinajstić information content (AvgIpc) is 3.33. The Labute approximate surface area is 175 Å². The van der Waals surface area contributed by atoms with E-state index in [1.807, 2.05) is 52.0 Å². The molecule has 1 amide bonds. The number of ketones is 1. The maximum atomic E-state index is 13.1. The van der Waals surface area contributed by atoms with Gasteiger partial charge in [0.15, 0.2) is 0 Å². The highest BCUT2D eigenvalue weighted by atomic mass is 16.3. The molecule has 1 aromatic heterocycles. The third-order valence-corrected chi connectivity index (χ3v) is 5.81. The van der Waals surface area contributed by atoms with Gasteiger partial charge in [-0.15, -0.1) is 0 Å². The van der Waals surface area contributed by atoms with Crippen LogP contribution in [0.15, 0.2) is 64.8 Å². The van der Waals surface area contributed by atoms with E-state index >= 15 is 0 Å². The molecule has 5 nitrogen and oxygen atoms in total. The Bertz CT molecular complexity index is 1190. The second kappa shape index (κ2) is 7.34. The fourth-order valence-corrected chi connectivity index (χ4v) is 3.73. The third kappa shape index (κ3) is 3.12. The molecule has 0 bridgehead atoms. The van der Waals surface area contributed by atoms with Gasteiger partial charge in [0, 0.05) is 11.3 Å². The van der Waals surface area contributed by atoms with E-state index in [1.165, 1.54) is 11.2 Å². The van der Waals surface area contributed by atoms with Crippen molar-refractivity contribution in [3.05, 3.63) is 93.9 Å². The van der Waals surface area contributed by atoms with Crippen LogP contribution in [0, 0.1) is 27.7 Å². The van der Waals surface area contributed by atoms with E-state index in [9.17, 15) is 14.7 Å². The standard InChI is InChI=1S/C25H23NO4/c1-14-7-9-18(12-16(14)3)23(27)21-22(20-6-5-11-30-20)26(25(29)24(21)28)19-10-8-15(2)17(4)13-19/h5-13,22,27H,1-4H3/b23-21-. The van der Waals surface area contributed by atoms with Gasteiger partial charge in [-0.1, -0.05) is 18.2 Å². The zero-order valence-electron chi connectivity index (χ0n) is 17.4.